The fourth-order valence-corrected chi connectivity index (χ4v) is 5.12. The molecule has 2 fully saturated rings. The summed E-state index contributed by atoms with van der Waals surface area (Å²) in [5.41, 5.74) is 0.882. The maximum absolute atomic E-state index is 12.9. The predicted octanol–water partition coefficient (Wildman–Crippen LogP) is 3.39. The summed E-state index contributed by atoms with van der Waals surface area (Å²) in [5, 5.41) is 0.518. The summed E-state index contributed by atoms with van der Waals surface area (Å²) in [6.07, 6.45) is 3.91. The largest absolute Gasteiger partial charge is 0.489 e. The van der Waals surface area contributed by atoms with Crippen LogP contribution in [0, 0.1) is 5.92 Å². The van der Waals surface area contributed by atoms with Gasteiger partial charge < -0.3 is 19.1 Å². The van der Waals surface area contributed by atoms with Crippen LogP contribution in [0.5, 0.6) is 11.5 Å². The minimum Gasteiger partial charge on any atom is -0.489 e. The van der Waals surface area contributed by atoms with E-state index >= 15 is 0 Å². The van der Waals surface area contributed by atoms with Crippen LogP contribution in [0.15, 0.2) is 12.1 Å². The molecule has 3 aliphatic rings. The van der Waals surface area contributed by atoms with Crippen molar-refractivity contribution < 1.29 is 19.0 Å². The summed E-state index contributed by atoms with van der Waals surface area (Å²) >= 11 is 6.38. The van der Waals surface area contributed by atoms with Gasteiger partial charge >= 0.3 is 0 Å². The highest BCUT2D eigenvalue weighted by atomic mass is 35.5. The minimum atomic E-state index is 0.160. The molecule has 4 rings (SSSR count). The van der Waals surface area contributed by atoms with E-state index in [1.54, 1.807) is 0 Å². The summed E-state index contributed by atoms with van der Waals surface area (Å²) in [6, 6.07) is 3.73. The van der Waals surface area contributed by atoms with Crippen LogP contribution in [-0.4, -0.2) is 73.9 Å². The molecule has 0 saturated carbocycles. The third-order valence-electron chi connectivity index (χ3n) is 6.20. The second-order valence-electron chi connectivity index (χ2n) is 8.93. The number of piperidine rings is 1. The van der Waals surface area contributed by atoms with E-state index in [4.69, 9.17) is 25.8 Å². The number of hydrogen-bond donors (Lipinski definition) is 0. The fourth-order valence-electron chi connectivity index (χ4n) is 4.84. The topological polar surface area (TPSA) is 51.2 Å². The molecule has 6 nitrogen and oxygen atoms in total. The van der Waals surface area contributed by atoms with E-state index in [1.165, 1.54) is 0 Å². The Morgan fingerprint density at radius 3 is 2.53 bits per heavy atom. The van der Waals surface area contributed by atoms with Gasteiger partial charge in [-0.05, 0) is 50.3 Å². The first-order valence-electron chi connectivity index (χ1n) is 11.2. The molecule has 0 spiro atoms. The molecule has 0 bridgehead atoms. The quantitative estimate of drug-likeness (QED) is 0.724. The molecule has 166 valence electrons. The molecule has 0 N–H and O–H groups in total. The van der Waals surface area contributed by atoms with Crippen LogP contribution < -0.4 is 9.47 Å². The number of amides is 1. The number of carbonyl (C=O) groups is 1. The van der Waals surface area contributed by atoms with Gasteiger partial charge in [0.15, 0.2) is 11.5 Å². The van der Waals surface area contributed by atoms with Crippen LogP contribution in [0.1, 0.15) is 38.7 Å². The van der Waals surface area contributed by atoms with Crippen molar-refractivity contribution in [2.24, 2.45) is 5.92 Å². The van der Waals surface area contributed by atoms with E-state index in [1.807, 2.05) is 17.0 Å². The number of hydrogen-bond acceptors (Lipinski definition) is 5. The van der Waals surface area contributed by atoms with Crippen molar-refractivity contribution in [3.8, 4) is 11.5 Å². The molecule has 7 heteroatoms. The van der Waals surface area contributed by atoms with E-state index in [9.17, 15) is 4.79 Å². The zero-order chi connectivity index (χ0) is 21.1. The number of likely N-dealkylation sites (tertiary alicyclic amines) is 1. The Hall–Kier alpha value is -1.50. The molecule has 2 saturated heterocycles. The molecule has 2 unspecified atom stereocenters. The van der Waals surface area contributed by atoms with Gasteiger partial charge in [0, 0.05) is 39.1 Å². The standard InChI is InChI=1S/C23H33ClN2O4/c1-16-13-25(14-17(2)30-16)15-18-4-6-26(7-5-18)22(27)12-19-10-20(24)23-21(11-19)28-8-3-9-29-23/h10-11,16-18H,3-9,12-15H2,1-2H3. The van der Waals surface area contributed by atoms with E-state index in [-0.39, 0.29) is 5.91 Å². The molecule has 30 heavy (non-hydrogen) atoms. The van der Waals surface area contributed by atoms with Crippen molar-refractivity contribution in [3.05, 3.63) is 22.7 Å². The molecule has 0 aromatic heterocycles. The molecule has 0 aliphatic carbocycles. The van der Waals surface area contributed by atoms with Crippen LogP contribution in [0.2, 0.25) is 5.02 Å². The average Bonchev–Trinajstić information content (AvgIpc) is 2.93. The van der Waals surface area contributed by atoms with Crippen molar-refractivity contribution in [1.29, 1.82) is 0 Å². The molecule has 2 atom stereocenters. The zero-order valence-corrected chi connectivity index (χ0v) is 18.8. The molecule has 0 radical (unpaired) electrons. The Morgan fingerprint density at radius 2 is 1.80 bits per heavy atom. The van der Waals surface area contributed by atoms with Crippen LogP contribution in [0.4, 0.5) is 0 Å². The van der Waals surface area contributed by atoms with Gasteiger partial charge in [-0.2, -0.15) is 0 Å². The van der Waals surface area contributed by atoms with Crippen molar-refractivity contribution in [2.45, 2.75) is 51.7 Å². The normalized spacial score (nSPS) is 25.8. The maximum Gasteiger partial charge on any atom is 0.226 e. The zero-order valence-electron chi connectivity index (χ0n) is 18.1. The Kier molecular flexibility index (Phi) is 7.06. The van der Waals surface area contributed by atoms with Gasteiger partial charge in [0.05, 0.1) is 36.9 Å². The van der Waals surface area contributed by atoms with Crippen LogP contribution >= 0.6 is 11.6 Å². The van der Waals surface area contributed by atoms with Crippen molar-refractivity contribution in [1.82, 2.24) is 9.80 Å². The maximum atomic E-state index is 12.9. The SMILES string of the molecule is CC1CN(CC2CCN(C(=O)Cc3cc(Cl)c4c(c3)OCCCO4)CC2)CC(C)O1. The highest BCUT2D eigenvalue weighted by Crippen LogP contribution is 2.38. The number of ether oxygens (including phenoxy) is 3. The molecular weight excluding hydrogens is 404 g/mol. The third-order valence-corrected chi connectivity index (χ3v) is 6.48. The average molecular weight is 437 g/mol. The van der Waals surface area contributed by atoms with Crippen molar-refractivity contribution >= 4 is 17.5 Å². The van der Waals surface area contributed by atoms with E-state index in [2.05, 4.69) is 18.7 Å². The van der Waals surface area contributed by atoms with E-state index < -0.39 is 0 Å². The monoisotopic (exact) mass is 436 g/mol. The first kappa shape index (κ1) is 21.7. The van der Waals surface area contributed by atoms with Crippen LogP contribution in [-0.2, 0) is 16.0 Å². The molecule has 1 aromatic rings. The molecule has 1 amide bonds. The number of fused-ring (bicyclic) bond motifs is 1. The smallest absolute Gasteiger partial charge is 0.226 e. The number of carbonyl (C=O) groups excluding carboxylic acids is 1. The van der Waals surface area contributed by atoms with E-state index in [0.717, 1.165) is 57.5 Å². The van der Waals surface area contributed by atoms with Crippen molar-refractivity contribution in [2.75, 3.05) is 45.9 Å². The molecular formula is C23H33ClN2O4. The summed E-state index contributed by atoms with van der Waals surface area (Å²) in [7, 11) is 0. The first-order valence-corrected chi connectivity index (χ1v) is 11.6. The Labute approximate surface area is 184 Å². The second-order valence-corrected chi connectivity index (χ2v) is 9.34. The van der Waals surface area contributed by atoms with Gasteiger partial charge in [0.1, 0.15) is 0 Å². The Bertz CT molecular complexity index is 741. The van der Waals surface area contributed by atoms with Gasteiger partial charge in [-0.15, -0.1) is 0 Å². The summed E-state index contributed by atoms with van der Waals surface area (Å²) < 4.78 is 17.3. The van der Waals surface area contributed by atoms with Gasteiger partial charge in [-0.1, -0.05) is 11.6 Å². The number of benzene rings is 1. The highest BCUT2D eigenvalue weighted by molar-refractivity contribution is 6.32. The first-order chi connectivity index (χ1) is 14.5. The lowest BCUT2D eigenvalue weighted by Crippen LogP contribution is -2.48. The van der Waals surface area contributed by atoms with Crippen LogP contribution in [0.25, 0.3) is 0 Å². The minimum absolute atomic E-state index is 0.160. The van der Waals surface area contributed by atoms with Gasteiger partial charge in [-0.25, -0.2) is 0 Å². The number of halogens is 1. The summed E-state index contributed by atoms with van der Waals surface area (Å²) in [5.74, 6) is 2.06. The lowest BCUT2D eigenvalue weighted by Gasteiger charge is -2.39. The highest BCUT2D eigenvalue weighted by Gasteiger charge is 2.28. The number of rotatable bonds is 4. The third kappa shape index (κ3) is 5.40. The molecule has 3 heterocycles. The molecule has 1 aromatic carbocycles. The predicted molar refractivity (Wildman–Crippen MR) is 117 cm³/mol. The van der Waals surface area contributed by atoms with E-state index in [0.29, 0.717) is 54.3 Å². The fraction of sp³-hybridized carbons (Fsp3) is 0.696. The van der Waals surface area contributed by atoms with Gasteiger partial charge in [0.25, 0.3) is 0 Å². The second kappa shape index (κ2) is 9.75. The van der Waals surface area contributed by atoms with Gasteiger partial charge in [0.2, 0.25) is 5.91 Å². The van der Waals surface area contributed by atoms with Gasteiger partial charge in [-0.3, -0.25) is 9.69 Å². The summed E-state index contributed by atoms with van der Waals surface area (Å²) in [6.45, 7) is 10.3. The van der Waals surface area contributed by atoms with Crippen LogP contribution in [0.3, 0.4) is 0 Å². The lowest BCUT2D eigenvalue weighted by atomic mass is 9.95. The Morgan fingerprint density at radius 1 is 1.10 bits per heavy atom. The lowest BCUT2D eigenvalue weighted by molar-refractivity contribution is -0.132. The summed E-state index contributed by atoms with van der Waals surface area (Å²) in [4.78, 5) is 17.4. The number of nitrogens with zero attached hydrogens (tertiary/aromatic N) is 2. The molecule has 3 aliphatic heterocycles. The number of morpholine rings is 1. The Balaban J connectivity index is 1.28. The van der Waals surface area contributed by atoms with Crippen molar-refractivity contribution in [3.63, 3.8) is 0 Å².